The highest BCUT2D eigenvalue weighted by molar-refractivity contribution is 5.94. The number of carbonyl (C=O) groups excluding carboxylic acids is 1. The molecule has 5 heteroatoms. The van der Waals surface area contributed by atoms with Crippen molar-refractivity contribution >= 4 is 22.3 Å². The highest BCUT2D eigenvalue weighted by atomic mass is 16.1. The molecule has 0 spiro atoms. The number of nitrogens with zero attached hydrogens (tertiary/aromatic N) is 3. The van der Waals surface area contributed by atoms with Gasteiger partial charge in [0.15, 0.2) is 5.65 Å². The lowest BCUT2D eigenvalue weighted by atomic mass is 10.0. The Morgan fingerprint density at radius 1 is 1.17 bits per heavy atom. The van der Waals surface area contributed by atoms with Gasteiger partial charge in [-0.1, -0.05) is 42.5 Å². The summed E-state index contributed by atoms with van der Waals surface area (Å²) in [5, 5.41) is 9.56. The molecule has 0 saturated carbocycles. The molecule has 2 heterocycles. The van der Waals surface area contributed by atoms with Crippen LogP contribution in [0.5, 0.6) is 0 Å². The lowest BCUT2D eigenvalue weighted by molar-refractivity contribution is 0.0950. The number of carbonyl (C=O) groups is 1. The average molecular weight is 316 g/mol. The Labute approximate surface area is 139 Å². The third-order valence-electron chi connectivity index (χ3n) is 4.02. The lowest BCUT2D eigenvalue weighted by Gasteiger charge is -2.08. The van der Waals surface area contributed by atoms with Gasteiger partial charge in [0.25, 0.3) is 5.91 Å². The molecule has 0 saturated heterocycles. The first-order chi connectivity index (χ1) is 11.7. The van der Waals surface area contributed by atoms with E-state index >= 15 is 0 Å². The number of amides is 1. The van der Waals surface area contributed by atoms with Crippen LogP contribution in [0.15, 0.2) is 60.9 Å². The molecule has 24 heavy (non-hydrogen) atoms. The minimum Gasteiger partial charge on any atom is -0.348 e. The van der Waals surface area contributed by atoms with Gasteiger partial charge in [-0.15, -0.1) is 0 Å². The van der Waals surface area contributed by atoms with Crippen LogP contribution in [0.3, 0.4) is 0 Å². The van der Waals surface area contributed by atoms with Crippen molar-refractivity contribution in [3.05, 3.63) is 77.7 Å². The second-order valence-corrected chi connectivity index (χ2v) is 5.75. The number of aryl methyl sites for hydroxylation is 1. The summed E-state index contributed by atoms with van der Waals surface area (Å²) in [7, 11) is 0. The maximum Gasteiger partial charge on any atom is 0.254 e. The van der Waals surface area contributed by atoms with E-state index in [-0.39, 0.29) is 5.91 Å². The fourth-order valence-corrected chi connectivity index (χ4v) is 2.84. The van der Waals surface area contributed by atoms with Crippen molar-refractivity contribution in [2.45, 2.75) is 13.5 Å². The lowest BCUT2D eigenvalue weighted by Crippen LogP contribution is -2.23. The Morgan fingerprint density at radius 2 is 2.00 bits per heavy atom. The Morgan fingerprint density at radius 3 is 2.92 bits per heavy atom. The largest absolute Gasteiger partial charge is 0.348 e. The van der Waals surface area contributed by atoms with E-state index < -0.39 is 0 Å². The summed E-state index contributed by atoms with van der Waals surface area (Å²) in [6.07, 6.45) is 3.28. The molecule has 0 radical (unpaired) electrons. The molecular formula is C19H16N4O. The van der Waals surface area contributed by atoms with Crippen molar-refractivity contribution in [2.75, 3.05) is 0 Å². The molecule has 0 aliphatic rings. The Kier molecular flexibility index (Phi) is 3.46. The molecule has 0 unspecified atom stereocenters. The Bertz CT molecular complexity index is 1050. The fraction of sp³-hybridized carbons (Fsp3) is 0.105. The predicted octanol–water partition coefficient (Wildman–Crippen LogP) is 3.12. The van der Waals surface area contributed by atoms with Crippen molar-refractivity contribution in [1.82, 2.24) is 19.9 Å². The van der Waals surface area contributed by atoms with Crippen LogP contribution in [0.25, 0.3) is 16.4 Å². The first-order valence-corrected chi connectivity index (χ1v) is 7.77. The maximum absolute atomic E-state index is 12.4. The first-order valence-electron chi connectivity index (χ1n) is 7.77. The molecule has 118 valence electrons. The summed E-state index contributed by atoms with van der Waals surface area (Å²) in [6.45, 7) is 2.37. The van der Waals surface area contributed by atoms with E-state index in [4.69, 9.17) is 0 Å². The molecular weight excluding hydrogens is 300 g/mol. The van der Waals surface area contributed by atoms with Crippen molar-refractivity contribution < 1.29 is 4.79 Å². The third-order valence-corrected chi connectivity index (χ3v) is 4.02. The van der Waals surface area contributed by atoms with Crippen LogP contribution in [-0.4, -0.2) is 20.5 Å². The van der Waals surface area contributed by atoms with Crippen LogP contribution in [0, 0.1) is 6.92 Å². The molecule has 0 atom stereocenters. The van der Waals surface area contributed by atoms with E-state index in [1.54, 1.807) is 16.9 Å². The van der Waals surface area contributed by atoms with E-state index in [0.717, 1.165) is 22.3 Å². The number of hydrogen-bond acceptors (Lipinski definition) is 3. The molecule has 1 amide bonds. The summed E-state index contributed by atoms with van der Waals surface area (Å²) < 4.78 is 1.63. The summed E-state index contributed by atoms with van der Waals surface area (Å²) in [5.41, 5.74) is 3.19. The predicted molar refractivity (Wildman–Crippen MR) is 92.8 cm³/mol. The van der Waals surface area contributed by atoms with E-state index in [2.05, 4.69) is 33.6 Å². The molecule has 4 rings (SSSR count). The van der Waals surface area contributed by atoms with Gasteiger partial charge < -0.3 is 5.32 Å². The summed E-state index contributed by atoms with van der Waals surface area (Å²) >= 11 is 0. The second kappa shape index (κ2) is 5.77. The Balaban J connectivity index is 1.56. The Hall–Kier alpha value is -3.21. The smallest absolute Gasteiger partial charge is 0.254 e. The molecule has 0 fully saturated rings. The molecule has 0 aliphatic heterocycles. The zero-order chi connectivity index (χ0) is 16.5. The SMILES string of the molecule is Cc1cc2ncc(C(=O)NCc3cccc4ccccc34)cn2n1. The molecule has 4 aromatic rings. The van der Waals surface area contributed by atoms with Gasteiger partial charge in [0.05, 0.1) is 11.3 Å². The first kappa shape index (κ1) is 14.4. The fourth-order valence-electron chi connectivity index (χ4n) is 2.84. The maximum atomic E-state index is 12.4. The van der Waals surface area contributed by atoms with Crippen molar-refractivity contribution in [3.8, 4) is 0 Å². The van der Waals surface area contributed by atoms with Crippen LogP contribution in [0.2, 0.25) is 0 Å². The van der Waals surface area contributed by atoms with Crippen molar-refractivity contribution in [3.63, 3.8) is 0 Å². The van der Waals surface area contributed by atoms with Crippen LogP contribution >= 0.6 is 0 Å². The van der Waals surface area contributed by atoms with Gasteiger partial charge in [0, 0.05) is 25.0 Å². The van der Waals surface area contributed by atoms with Crippen LogP contribution < -0.4 is 5.32 Å². The second-order valence-electron chi connectivity index (χ2n) is 5.75. The molecule has 5 nitrogen and oxygen atoms in total. The van der Waals surface area contributed by atoms with Gasteiger partial charge in [-0.05, 0) is 23.3 Å². The topological polar surface area (TPSA) is 59.3 Å². The monoisotopic (exact) mass is 316 g/mol. The number of rotatable bonds is 3. The summed E-state index contributed by atoms with van der Waals surface area (Å²) in [5.74, 6) is -0.162. The number of nitrogens with one attached hydrogen (secondary N) is 1. The zero-order valence-corrected chi connectivity index (χ0v) is 13.2. The van der Waals surface area contributed by atoms with E-state index in [1.807, 2.05) is 37.3 Å². The molecule has 2 aromatic heterocycles. The standard InChI is InChI=1S/C19H16N4O/c1-13-9-18-20-11-16(12-23(18)22-13)19(24)21-10-15-7-4-6-14-5-2-3-8-17(14)15/h2-9,11-12H,10H2,1H3,(H,21,24). The van der Waals surface area contributed by atoms with Crippen molar-refractivity contribution in [1.29, 1.82) is 0 Å². The summed E-state index contributed by atoms with van der Waals surface area (Å²) in [4.78, 5) is 16.7. The highest BCUT2D eigenvalue weighted by Gasteiger charge is 2.09. The van der Waals surface area contributed by atoms with Crippen LogP contribution in [0.1, 0.15) is 21.6 Å². The van der Waals surface area contributed by atoms with Gasteiger partial charge in [-0.3, -0.25) is 4.79 Å². The van der Waals surface area contributed by atoms with Crippen LogP contribution in [-0.2, 0) is 6.54 Å². The number of fused-ring (bicyclic) bond motifs is 2. The van der Waals surface area contributed by atoms with Gasteiger partial charge in [0.1, 0.15) is 0 Å². The average Bonchev–Trinajstić information content (AvgIpc) is 2.98. The summed E-state index contributed by atoms with van der Waals surface area (Å²) in [6, 6.07) is 16.1. The zero-order valence-electron chi connectivity index (χ0n) is 13.2. The molecule has 1 N–H and O–H groups in total. The minimum atomic E-state index is -0.162. The minimum absolute atomic E-state index is 0.162. The van der Waals surface area contributed by atoms with E-state index in [0.29, 0.717) is 12.1 Å². The van der Waals surface area contributed by atoms with Crippen LogP contribution in [0.4, 0.5) is 0 Å². The van der Waals surface area contributed by atoms with Gasteiger partial charge in [0.2, 0.25) is 0 Å². The van der Waals surface area contributed by atoms with Crippen molar-refractivity contribution in [2.24, 2.45) is 0 Å². The number of benzene rings is 2. The van der Waals surface area contributed by atoms with Gasteiger partial charge >= 0.3 is 0 Å². The van der Waals surface area contributed by atoms with Gasteiger partial charge in [-0.2, -0.15) is 5.10 Å². The number of aromatic nitrogens is 3. The number of hydrogen-bond donors (Lipinski definition) is 1. The molecule has 0 aliphatic carbocycles. The van der Waals surface area contributed by atoms with Gasteiger partial charge in [-0.25, -0.2) is 9.50 Å². The normalized spacial score (nSPS) is 11.0. The highest BCUT2D eigenvalue weighted by Crippen LogP contribution is 2.18. The third kappa shape index (κ3) is 2.60. The van der Waals surface area contributed by atoms with E-state index in [9.17, 15) is 4.79 Å². The quantitative estimate of drug-likeness (QED) is 0.632. The molecule has 2 aromatic carbocycles. The van der Waals surface area contributed by atoms with E-state index in [1.165, 1.54) is 5.39 Å². The molecule has 0 bridgehead atoms.